The van der Waals surface area contributed by atoms with E-state index in [-0.39, 0.29) is 11.8 Å². The highest BCUT2D eigenvalue weighted by atomic mass is 79.9. The van der Waals surface area contributed by atoms with E-state index in [0.717, 1.165) is 10.0 Å². The zero-order valence-electron chi connectivity index (χ0n) is 11.7. The van der Waals surface area contributed by atoms with E-state index in [9.17, 15) is 9.59 Å². The highest BCUT2D eigenvalue weighted by molar-refractivity contribution is 9.10. The largest absolute Gasteiger partial charge is 0.323 e. The number of benzene rings is 2. The van der Waals surface area contributed by atoms with Crippen LogP contribution >= 0.6 is 15.9 Å². The minimum atomic E-state index is -0.330. The van der Waals surface area contributed by atoms with E-state index in [0.29, 0.717) is 16.9 Å². The molecule has 108 valence electrons. The number of amides is 2. The molecule has 0 heterocycles. The Hall–Kier alpha value is -2.14. The first-order chi connectivity index (χ1) is 9.94. The fourth-order valence-electron chi connectivity index (χ4n) is 1.89. The lowest BCUT2D eigenvalue weighted by Crippen LogP contribution is -2.19. The molecule has 0 fully saturated rings. The quantitative estimate of drug-likeness (QED) is 0.797. The minimum absolute atomic E-state index is 0.00406. The van der Waals surface area contributed by atoms with Gasteiger partial charge in [-0.2, -0.15) is 0 Å². The van der Waals surface area contributed by atoms with E-state index in [1.54, 1.807) is 24.3 Å². The standard InChI is InChI=1S/C16H15BrN2O2/c1-10-7-13(17)9-15(8-10)19-16(21)18-14-5-3-12(4-6-14)11(2)20/h3-9H,1-2H3,(H2,18,19,21). The van der Waals surface area contributed by atoms with Crippen LogP contribution < -0.4 is 10.6 Å². The number of nitrogens with one attached hydrogen (secondary N) is 2. The van der Waals surface area contributed by atoms with Crippen LogP contribution in [0.25, 0.3) is 0 Å². The van der Waals surface area contributed by atoms with Gasteiger partial charge in [0, 0.05) is 21.4 Å². The number of anilines is 2. The van der Waals surface area contributed by atoms with Crippen molar-refractivity contribution < 1.29 is 9.59 Å². The summed E-state index contributed by atoms with van der Waals surface area (Å²) >= 11 is 3.39. The van der Waals surface area contributed by atoms with Crippen LogP contribution in [0.5, 0.6) is 0 Å². The maximum Gasteiger partial charge on any atom is 0.323 e. The summed E-state index contributed by atoms with van der Waals surface area (Å²) in [6.07, 6.45) is 0. The van der Waals surface area contributed by atoms with Gasteiger partial charge in [-0.15, -0.1) is 0 Å². The molecule has 0 atom stereocenters. The Morgan fingerprint density at radius 3 is 2.14 bits per heavy atom. The fraction of sp³-hybridized carbons (Fsp3) is 0.125. The van der Waals surface area contributed by atoms with Crippen molar-refractivity contribution in [1.82, 2.24) is 0 Å². The van der Waals surface area contributed by atoms with Gasteiger partial charge in [0.15, 0.2) is 5.78 Å². The average molecular weight is 347 g/mol. The Morgan fingerprint density at radius 2 is 1.57 bits per heavy atom. The number of urea groups is 1. The molecule has 0 saturated heterocycles. The second-order valence-electron chi connectivity index (χ2n) is 4.73. The summed E-state index contributed by atoms with van der Waals surface area (Å²) in [6.45, 7) is 3.46. The number of Topliss-reactive ketones (excluding diaryl/α,β-unsaturated/α-hetero) is 1. The van der Waals surface area contributed by atoms with Crippen LogP contribution in [0, 0.1) is 6.92 Å². The number of halogens is 1. The van der Waals surface area contributed by atoms with Crippen molar-refractivity contribution in [2.45, 2.75) is 13.8 Å². The Bertz CT molecular complexity index is 661. The Morgan fingerprint density at radius 1 is 0.952 bits per heavy atom. The SMILES string of the molecule is CC(=O)c1ccc(NC(=O)Nc2cc(C)cc(Br)c2)cc1. The summed E-state index contributed by atoms with van der Waals surface area (Å²) in [5, 5.41) is 5.48. The number of rotatable bonds is 3. The molecule has 2 aromatic rings. The monoisotopic (exact) mass is 346 g/mol. The minimum Gasteiger partial charge on any atom is -0.308 e. The molecule has 0 aliphatic heterocycles. The normalized spacial score (nSPS) is 10.0. The van der Waals surface area contributed by atoms with Crippen LogP contribution in [0.4, 0.5) is 16.2 Å². The summed E-state index contributed by atoms with van der Waals surface area (Å²) < 4.78 is 0.906. The summed E-state index contributed by atoms with van der Waals surface area (Å²) in [5.74, 6) is -0.00406. The van der Waals surface area contributed by atoms with Crippen LogP contribution in [0.2, 0.25) is 0 Å². The first kappa shape index (κ1) is 15.3. The number of carbonyl (C=O) groups excluding carboxylic acids is 2. The van der Waals surface area contributed by atoms with Gasteiger partial charge in [-0.25, -0.2) is 4.79 Å². The Kier molecular flexibility index (Phi) is 4.75. The van der Waals surface area contributed by atoms with Gasteiger partial charge in [-0.05, 0) is 61.9 Å². The van der Waals surface area contributed by atoms with Gasteiger partial charge >= 0.3 is 6.03 Å². The predicted molar refractivity (Wildman–Crippen MR) is 88.0 cm³/mol. The third-order valence-corrected chi connectivity index (χ3v) is 3.31. The highest BCUT2D eigenvalue weighted by Gasteiger charge is 2.05. The van der Waals surface area contributed by atoms with Crippen LogP contribution in [0.15, 0.2) is 46.9 Å². The number of aryl methyl sites for hydroxylation is 1. The lowest BCUT2D eigenvalue weighted by Gasteiger charge is -2.09. The molecule has 2 amide bonds. The summed E-state index contributed by atoms with van der Waals surface area (Å²) in [7, 11) is 0. The van der Waals surface area contributed by atoms with E-state index in [1.165, 1.54) is 6.92 Å². The van der Waals surface area contributed by atoms with E-state index in [1.807, 2.05) is 25.1 Å². The van der Waals surface area contributed by atoms with Gasteiger partial charge in [0.2, 0.25) is 0 Å². The van der Waals surface area contributed by atoms with Gasteiger partial charge in [-0.1, -0.05) is 15.9 Å². The third kappa shape index (κ3) is 4.43. The van der Waals surface area contributed by atoms with Crippen molar-refractivity contribution in [1.29, 1.82) is 0 Å². The molecule has 0 saturated carbocycles. The smallest absolute Gasteiger partial charge is 0.308 e. The molecule has 0 spiro atoms. The van der Waals surface area contributed by atoms with E-state index in [2.05, 4.69) is 26.6 Å². The van der Waals surface area contributed by atoms with E-state index < -0.39 is 0 Å². The Balaban J connectivity index is 2.02. The first-order valence-corrected chi connectivity index (χ1v) is 7.19. The average Bonchev–Trinajstić information content (AvgIpc) is 2.37. The van der Waals surface area contributed by atoms with Crippen molar-refractivity contribution in [2.75, 3.05) is 10.6 Å². The van der Waals surface area contributed by atoms with Crippen LogP contribution in [-0.4, -0.2) is 11.8 Å². The van der Waals surface area contributed by atoms with Gasteiger partial charge in [0.05, 0.1) is 0 Å². The number of hydrogen-bond acceptors (Lipinski definition) is 2. The molecule has 0 radical (unpaired) electrons. The zero-order valence-corrected chi connectivity index (χ0v) is 13.3. The summed E-state index contributed by atoms with van der Waals surface area (Å²) in [4.78, 5) is 23.1. The van der Waals surface area contributed by atoms with Crippen LogP contribution in [0.3, 0.4) is 0 Å². The third-order valence-electron chi connectivity index (χ3n) is 2.85. The van der Waals surface area contributed by atoms with E-state index >= 15 is 0 Å². The topological polar surface area (TPSA) is 58.2 Å². The molecular weight excluding hydrogens is 332 g/mol. The molecule has 4 nitrogen and oxygen atoms in total. The van der Waals surface area contributed by atoms with Crippen molar-refractivity contribution in [2.24, 2.45) is 0 Å². The lowest BCUT2D eigenvalue weighted by molar-refractivity contribution is 0.101. The maximum absolute atomic E-state index is 11.9. The molecule has 2 rings (SSSR count). The van der Waals surface area contributed by atoms with Crippen molar-refractivity contribution in [3.05, 3.63) is 58.1 Å². The molecule has 0 aliphatic rings. The summed E-state index contributed by atoms with van der Waals surface area (Å²) in [5.41, 5.74) is 3.00. The lowest BCUT2D eigenvalue weighted by atomic mass is 10.1. The van der Waals surface area contributed by atoms with Gasteiger partial charge in [0.25, 0.3) is 0 Å². The maximum atomic E-state index is 11.9. The van der Waals surface area contributed by atoms with Crippen molar-refractivity contribution in [3.8, 4) is 0 Å². The van der Waals surface area contributed by atoms with Gasteiger partial charge < -0.3 is 10.6 Å². The second kappa shape index (κ2) is 6.54. The van der Waals surface area contributed by atoms with Crippen molar-refractivity contribution in [3.63, 3.8) is 0 Å². The number of carbonyl (C=O) groups is 2. The van der Waals surface area contributed by atoms with Crippen LogP contribution in [-0.2, 0) is 0 Å². The molecule has 21 heavy (non-hydrogen) atoms. The van der Waals surface area contributed by atoms with Crippen molar-refractivity contribution >= 4 is 39.1 Å². The van der Waals surface area contributed by atoms with E-state index in [4.69, 9.17) is 0 Å². The molecule has 0 unspecified atom stereocenters. The molecular formula is C16H15BrN2O2. The Labute approximate surface area is 131 Å². The fourth-order valence-corrected chi connectivity index (χ4v) is 2.50. The molecule has 2 N–H and O–H groups in total. The second-order valence-corrected chi connectivity index (χ2v) is 5.65. The van der Waals surface area contributed by atoms with Crippen LogP contribution in [0.1, 0.15) is 22.8 Å². The first-order valence-electron chi connectivity index (χ1n) is 6.40. The van der Waals surface area contributed by atoms with Gasteiger partial charge in [-0.3, -0.25) is 4.79 Å². The molecule has 0 bridgehead atoms. The predicted octanol–water partition coefficient (Wildman–Crippen LogP) is 4.60. The zero-order chi connectivity index (χ0) is 15.4. The molecule has 2 aromatic carbocycles. The summed E-state index contributed by atoms with van der Waals surface area (Å²) in [6, 6.07) is 12.1. The van der Waals surface area contributed by atoms with Gasteiger partial charge in [0.1, 0.15) is 0 Å². The highest BCUT2D eigenvalue weighted by Crippen LogP contribution is 2.19. The molecule has 0 aromatic heterocycles. The number of ketones is 1. The molecule has 5 heteroatoms. The number of hydrogen-bond donors (Lipinski definition) is 2. The molecule has 0 aliphatic carbocycles.